The summed E-state index contributed by atoms with van der Waals surface area (Å²) in [6.07, 6.45) is -0.646. The lowest BCUT2D eigenvalue weighted by Gasteiger charge is -2.14. The summed E-state index contributed by atoms with van der Waals surface area (Å²) < 4.78 is 5.53. The number of nitrogens with one attached hydrogen (secondary N) is 1. The molecule has 1 N–H and O–H groups in total. The Bertz CT molecular complexity index is 1030. The summed E-state index contributed by atoms with van der Waals surface area (Å²) in [4.78, 5) is 33.8. The smallest absolute Gasteiger partial charge is 0.339 e. The van der Waals surface area contributed by atoms with E-state index in [9.17, 15) is 9.59 Å². The summed E-state index contributed by atoms with van der Waals surface area (Å²) in [5, 5.41) is 0.610. The second kappa shape index (κ2) is 6.44. The van der Waals surface area contributed by atoms with Crippen molar-refractivity contribution in [3.63, 3.8) is 0 Å². The first-order valence-corrected chi connectivity index (χ1v) is 8.87. The Hall–Kier alpha value is -2.47. The number of hydrogen-bond acceptors (Lipinski definition) is 5. The molecular weight excluding hydrogens is 336 g/mol. The third-order valence-electron chi connectivity index (χ3n) is 4.34. The zero-order valence-electron chi connectivity index (χ0n) is 14.9. The van der Waals surface area contributed by atoms with Gasteiger partial charge in [0, 0.05) is 4.88 Å². The number of H-pyrrole nitrogens is 1. The van der Waals surface area contributed by atoms with Crippen molar-refractivity contribution >= 4 is 27.5 Å². The molecule has 25 heavy (non-hydrogen) atoms. The quantitative estimate of drug-likeness (QED) is 0.716. The van der Waals surface area contributed by atoms with Gasteiger partial charge in [-0.3, -0.25) is 4.79 Å². The highest BCUT2D eigenvalue weighted by molar-refractivity contribution is 7.18. The van der Waals surface area contributed by atoms with Crippen LogP contribution in [0.4, 0.5) is 0 Å². The Morgan fingerprint density at radius 1 is 1.24 bits per heavy atom. The van der Waals surface area contributed by atoms with Crippen LogP contribution in [-0.4, -0.2) is 15.9 Å². The summed E-state index contributed by atoms with van der Waals surface area (Å²) in [5.41, 5.74) is 3.11. The number of benzene rings is 1. The first-order valence-electron chi connectivity index (χ1n) is 8.06. The monoisotopic (exact) mass is 356 g/mol. The van der Waals surface area contributed by atoms with Gasteiger partial charge in [0.2, 0.25) is 0 Å². The third-order valence-corrected chi connectivity index (χ3v) is 5.44. The van der Waals surface area contributed by atoms with Crippen LogP contribution in [0, 0.1) is 27.7 Å². The van der Waals surface area contributed by atoms with Gasteiger partial charge in [-0.15, -0.1) is 11.3 Å². The van der Waals surface area contributed by atoms with Crippen molar-refractivity contribution in [3.8, 4) is 0 Å². The van der Waals surface area contributed by atoms with Gasteiger partial charge in [-0.1, -0.05) is 17.7 Å². The average molecular weight is 356 g/mol. The molecule has 0 amide bonds. The summed E-state index contributed by atoms with van der Waals surface area (Å²) >= 11 is 1.47. The zero-order chi connectivity index (χ0) is 18.3. The van der Waals surface area contributed by atoms with Gasteiger partial charge in [0.1, 0.15) is 4.83 Å². The van der Waals surface area contributed by atoms with E-state index >= 15 is 0 Å². The number of carbonyl (C=O) groups is 1. The van der Waals surface area contributed by atoms with Crippen molar-refractivity contribution in [1.82, 2.24) is 9.97 Å². The maximum atomic E-state index is 12.5. The molecule has 0 saturated heterocycles. The molecule has 5 nitrogen and oxygen atoms in total. The van der Waals surface area contributed by atoms with Gasteiger partial charge < -0.3 is 9.72 Å². The van der Waals surface area contributed by atoms with Crippen molar-refractivity contribution < 1.29 is 9.53 Å². The second-order valence-corrected chi connectivity index (χ2v) is 7.48. The first-order chi connectivity index (χ1) is 11.8. The molecule has 0 spiro atoms. The molecule has 6 heteroatoms. The Balaban J connectivity index is 1.92. The number of ether oxygens (including phenoxy) is 1. The minimum atomic E-state index is -0.646. The molecule has 130 valence electrons. The van der Waals surface area contributed by atoms with Crippen LogP contribution in [0.15, 0.2) is 23.0 Å². The molecule has 2 aromatic heterocycles. The average Bonchev–Trinajstić information content (AvgIpc) is 2.84. The fourth-order valence-electron chi connectivity index (χ4n) is 2.70. The van der Waals surface area contributed by atoms with Gasteiger partial charge in [0.05, 0.1) is 10.9 Å². The topological polar surface area (TPSA) is 72.0 Å². The highest BCUT2D eigenvalue weighted by atomic mass is 32.1. The van der Waals surface area contributed by atoms with Crippen LogP contribution in [-0.2, 0) is 4.74 Å². The fraction of sp³-hybridized carbons (Fsp3) is 0.316. The first kappa shape index (κ1) is 17.4. The van der Waals surface area contributed by atoms with Crippen molar-refractivity contribution in [2.75, 3.05) is 0 Å². The van der Waals surface area contributed by atoms with Crippen molar-refractivity contribution in [3.05, 3.63) is 61.5 Å². The minimum Gasteiger partial charge on any atom is -0.451 e. The summed E-state index contributed by atoms with van der Waals surface area (Å²) in [7, 11) is 0. The number of thiophene rings is 1. The number of fused-ring (bicyclic) bond motifs is 1. The fourth-order valence-corrected chi connectivity index (χ4v) is 3.74. The molecule has 0 aliphatic carbocycles. The van der Waals surface area contributed by atoms with E-state index in [0.29, 0.717) is 21.6 Å². The maximum absolute atomic E-state index is 12.5. The van der Waals surface area contributed by atoms with E-state index in [0.717, 1.165) is 21.6 Å². The minimum absolute atomic E-state index is 0.198. The van der Waals surface area contributed by atoms with Gasteiger partial charge in [-0.2, -0.15) is 0 Å². The number of aromatic nitrogens is 2. The number of carbonyl (C=O) groups excluding carboxylic acids is 1. The highest BCUT2D eigenvalue weighted by Gasteiger charge is 2.20. The predicted molar refractivity (Wildman–Crippen MR) is 99.5 cm³/mol. The van der Waals surface area contributed by atoms with Crippen LogP contribution in [0.3, 0.4) is 0 Å². The molecular formula is C19H20N2O3S. The molecule has 0 unspecified atom stereocenters. The number of aromatic amines is 1. The normalized spacial score (nSPS) is 12.4. The largest absolute Gasteiger partial charge is 0.451 e. The Morgan fingerprint density at radius 2 is 1.96 bits per heavy atom. The maximum Gasteiger partial charge on any atom is 0.339 e. The Kier molecular flexibility index (Phi) is 4.47. The van der Waals surface area contributed by atoms with Crippen LogP contribution in [0.25, 0.3) is 10.2 Å². The second-order valence-electron chi connectivity index (χ2n) is 6.28. The van der Waals surface area contributed by atoms with E-state index in [2.05, 4.69) is 9.97 Å². The molecule has 0 radical (unpaired) electrons. The van der Waals surface area contributed by atoms with Gasteiger partial charge >= 0.3 is 5.97 Å². The standard InChI is InChI=1S/C19H20N2O3S/c1-9-6-7-10(2)14(8-9)19(23)24-12(4)16-20-17(22)15-11(3)13(5)25-18(15)21-16/h6-8,12H,1-5H3,(H,20,21,22)/t12-/m0/s1. The van der Waals surface area contributed by atoms with Crippen LogP contribution in [0.1, 0.15) is 50.8 Å². The Labute approximate surface area is 149 Å². The molecule has 0 saturated carbocycles. The number of rotatable bonds is 3. The SMILES string of the molecule is Cc1ccc(C)c(C(=O)O[C@@H](C)c2nc3sc(C)c(C)c3c(=O)[nH]2)c1. The molecule has 3 rings (SSSR count). The van der Waals surface area contributed by atoms with Crippen LogP contribution >= 0.6 is 11.3 Å². The van der Waals surface area contributed by atoms with Crippen molar-refractivity contribution in [2.45, 2.75) is 40.7 Å². The molecule has 0 aliphatic rings. The lowest BCUT2D eigenvalue weighted by molar-refractivity contribution is 0.0319. The van der Waals surface area contributed by atoms with E-state index in [1.807, 2.05) is 39.8 Å². The lowest BCUT2D eigenvalue weighted by atomic mass is 10.1. The van der Waals surface area contributed by atoms with Crippen LogP contribution in [0.2, 0.25) is 0 Å². The number of esters is 1. The van der Waals surface area contributed by atoms with Gasteiger partial charge in [0.15, 0.2) is 11.9 Å². The number of hydrogen-bond donors (Lipinski definition) is 1. The van der Waals surface area contributed by atoms with Gasteiger partial charge in [-0.25, -0.2) is 9.78 Å². The highest BCUT2D eigenvalue weighted by Crippen LogP contribution is 2.27. The molecule has 0 aliphatic heterocycles. The Morgan fingerprint density at radius 3 is 2.68 bits per heavy atom. The van der Waals surface area contributed by atoms with Crippen molar-refractivity contribution in [2.24, 2.45) is 0 Å². The van der Waals surface area contributed by atoms with Crippen LogP contribution in [0.5, 0.6) is 0 Å². The van der Waals surface area contributed by atoms with Gasteiger partial charge in [-0.05, 0) is 51.8 Å². The van der Waals surface area contributed by atoms with E-state index in [1.54, 1.807) is 13.0 Å². The molecule has 1 aromatic carbocycles. The van der Waals surface area contributed by atoms with E-state index in [1.165, 1.54) is 11.3 Å². The van der Waals surface area contributed by atoms with Crippen LogP contribution < -0.4 is 5.56 Å². The van der Waals surface area contributed by atoms with E-state index < -0.39 is 12.1 Å². The van der Waals surface area contributed by atoms with Crippen molar-refractivity contribution in [1.29, 1.82) is 0 Å². The predicted octanol–water partition coefficient (Wildman–Crippen LogP) is 4.14. The zero-order valence-corrected chi connectivity index (χ0v) is 15.7. The number of aryl methyl sites for hydroxylation is 4. The molecule has 2 heterocycles. The van der Waals surface area contributed by atoms with Gasteiger partial charge in [0.25, 0.3) is 5.56 Å². The molecule has 0 fully saturated rings. The third kappa shape index (κ3) is 3.22. The molecule has 3 aromatic rings. The molecule has 0 bridgehead atoms. The van der Waals surface area contributed by atoms with E-state index in [4.69, 9.17) is 4.74 Å². The lowest BCUT2D eigenvalue weighted by Crippen LogP contribution is -2.17. The number of nitrogens with zero attached hydrogens (tertiary/aromatic N) is 1. The summed E-state index contributed by atoms with van der Waals surface area (Å²) in [6.45, 7) is 9.37. The molecule has 1 atom stereocenters. The summed E-state index contributed by atoms with van der Waals surface area (Å²) in [5.74, 6) is -0.0626. The van der Waals surface area contributed by atoms with E-state index in [-0.39, 0.29) is 5.56 Å². The summed E-state index contributed by atoms with van der Waals surface area (Å²) in [6, 6.07) is 5.64.